The summed E-state index contributed by atoms with van der Waals surface area (Å²) in [7, 11) is 0. The minimum atomic E-state index is -0.0749. The number of hydrogen-bond acceptors (Lipinski definition) is 4. The van der Waals surface area contributed by atoms with Crippen molar-refractivity contribution < 1.29 is 4.84 Å². The summed E-state index contributed by atoms with van der Waals surface area (Å²) in [5, 5.41) is 2.32. The van der Waals surface area contributed by atoms with Gasteiger partial charge in [-0.25, -0.2) is 4.99 Å². The molecule has 0 fully saturated rings. The maximum Gasteiger partial charge on any atom is 0.126 e. The van der Waals surface area contributed by atoms with Crippen LogP contribution in [0.5, 0.6) is 0 Å². The first-order valence-electron chi connectivity index (χ1n) is 4.72. The zero-order valence-corrected chi connectivity index (χ0v) is 10.7. The van der Waals surface area contributed by atoms with Gasteiger partial charge in [0.2, 0.25) is 0 Å². The molecule has 1 heterocycles. The molecule has 1 atom stereocenters. The fourth-order valence-electron chi connectivity index (χ4n) is 1.39. The van der Waals surface area contributed by atoms with Crippen LogP contribution in [0.1, 0.15) is 5.56 Å². The van der Waals surface area contributed by atoms with Crippen LogP contribution in [0.2, 0.25) is 0 Å². The molecule has 2 rings (SSSR count). The summed E-state index contributed by atoms with van der Waals surface area (Å²) >= 11 is 7.90. The van der Waals surface area contributed by atoms with Crippen molar-refractivity contribution in [2.75, 3.05) is 6.54 Å². The first-order chi connectivity index (χ1) is 7.79. The van der Waals surface area contributed by atoms with Gasteiger partial charge in [-0.05, 0) is 36.0 Å². The molecule has 1 aromatic rings. The van der Waals surface area contributed by atoms with Gasteiger partial charge in [-0.1, -0.05) is 28.1 Å². The number of hydrogen-bond donors (Lipinski definition) is 1. The van der Waals surface area contributed by atoms with Crippen LogP contribution in [0.25, 0.3) is 5.70 Å². The van der Waals surface area contributed by atoms with Gasteiger partial charge in [0.25, 0.3) is 0 Å². The minimum absolute atomic E-state index is 0.0749. The second-order valence-corrected chi connectivity index (χ2v) is 4.38. The quantitative estimate of drug-likeness (QED) is 0.688. The highest BCUT2D eigenvalue weighted by Gasteiger charge is 2.16. The van der Waals surface area contributed by atoms with Crippen molar-refractivity contribution in [1.29, 1.82) is 0 Å². The van der Waals surface area contributed by atoms with Crippen molar-refractivity contribution in [3.05, 3.63) is 40.4 Å². The Morgan fingerprint density at radius 2 is 2.19 bits per heavy atom. The second kappa shape index (κ2) is 5.37. The van der Waals surface area contributed by atoms with Crippen molar-refractivity contribution in [3.8, 4) is 0 Å². The highest BCUT2D eigenvalue weighted by atomic mass is 79.9. The summed E-state index contributed by atoms with van der Waals surface area (Å²) in [6.45, 7) is 0.497. The van der Waals surface area contributed by atoms with Gasteiger partial charge in [0, 0.05) is 4.47 Å². The lowest BCUT2D eigenvalue weighted by atomic mass is 10.1. The van der Waals surface area contributed by atoms with E-state index in [0.29, 0.717) is 6.54 Å². The molecule has 5 heteroatoms. The van der Waals surface area contributed by atoms with Gasteiger partial charge in [-0.15, -0.1) is 0 Å². The smallest absolute Gasteiger partial charge is 0.126 e. The largest absolute Gasteiger partial charge is 0.267 e. The molecule has 1 N–H and O–H groups in total. The summed E-state index contributed by atoms with van der Waals surface area (Å²) in [6, 6.07) is 8.00. The number of nitrogens with zero attached hydrogens (tertiary/aromatic N) is 1. The molecule has 0 saturated heterocycles. The third-order valence-electron chi connectivity index (χ3n) is 2.16. The van der Waals surface area contributed by atoms with Gasteiger partial charge < -0.3 is 0 Å². The summed E-state index contributed by atoms with van der Waals surface area (Å²) in [4.78, 5) is 9.16. The highest BCUT2D eigenvalue weighted by molar-refractivity contribution is 9.10. The number of isothiocyanates is 1. The Kier molecular flexibility index (Phi) is 3.85. The number of nitrogens with one attached hydrogen (secondary N) is 1. The van der Waals surface area contributed by atoms with E-state index in [1.54, 1.807) is 0 Å². The molecule has 1 aromatic carbocycles. The Morgan fingerprint density at radius 3 is 2.88 bits per heavy atom. The molecular weight excluding hydrogens is 288 g/mol. The van der Waals surface area contributed by atoms with E-state index >= 15 is 0 Å². The van der Waals surface area contributed by atoms with E-state index in [1.165, 1.54) is 0 Å². The normalized spacial score (nSPS) is 18.6. The van der Waals surface area contributed by atoms with Gasteiger partial charge in [-0.3, -0.25) is 10.3 Å². The van der Waals surface area contributed by atoms with Crippen molar-refractivity contribution >= 4 is 39.0 Å². The van der Waals surface area contributed by atoms with Crippen LogP contribution >= 0.6 is 28.1 Å². The van der Waals surface area contributed by atoms with Crippen LogP contribution in [-0.2, 0) is 4.84 Å². The summed E-state index contributed by atoms with van der Waals surface area (Å²) < 4.78 is 1.05. The van der Waals surface area contributed by atoms with Crippen LogP contribution in [0.15, 0.2) is 39.8 Å². The van der Waals surface area contributed by atoms with Gasteiger partial charge in [0.15, 0.2) is 0 Å². The van der Waals surface area contributed by atoms with Crippen molar-refractivity contribution in [2.45, 2.75) is 6.10 Å². The fraction of sp³-hybridized carbons (Fsp3) is 0.182. The van der Waals surface area contributed by atoms with Gasteiger partial charge in [0.05, 0.1) is 17.4 Å². The Balaban J connectivity index is 2.11. The monoisotopic (exact) mass is 296 g/mol. The first kappa shape index (κ1) is 11.5. The van der Waals surface area contributed by atoms with Gasteiger partial charge in [-0.2, -0.15) is 0 Å². The third kappa shape index (κ3) is 2.77. The molecule has 16 heavy (non-hydrogen) atoms. The standard InChI is InChI=1S/C11H9BrN2OS/c12-9-3-1-8(2-4-9)11-5-10(15-14-11)6-13-7-16/h1-5,10,14H,6H2. The molecule has 0 aliphatic carbocycles. The maximum atomic E-state index is 5.32. The predicted octanol–water partition coefficient (Wildman–Crippen LogP) is 2.80. The number of hydroxylamine groups is 1. The van der Waals surface area contributed by atoms with Gasteiger partial charge in [0.1, 0.15) is 6.10 Å². The van der Waals surface area contributed by atoms with Crippen molar-refractivity contribution in [3.63, 3.8) is 0 Å². The van der Waals surface area contributed by atoms with Crippen LogP contribution < -0.4 is 5.48 Å². The topological polar surface area (TPSA) is 33.6 Å². The average molecular weight is 297 g/mol. The lowest BCUT2D eigenvalue weighted by Gasteiger charge is -2.03. The van der Waals surface area contributed by atoms with E-state index in [0.717, 1.165) is 15.7 Å². The Morgan fingerprint density at radius 1 is 1.44 bits per heavy atom. The molecule has 0 bridgehead atoms. The fourth-order valence-corrected chi connectivity index (χ4v) is 1.73. The molecule has 3 nitrogen and oxygen atoms in total. The summed E-state index contributed by atoms with van der Waals surface area (Å²) in [5.41, 5.74) is 4.91. The molecule has 0 spiro atoms. The van der Waals surface area contributed by atoms with Crippen LogP contribution in [0.4, 0.5) is 0 Å². The summed E-state index contributed by atoms with van der Waals surface area (Å²) in [5.74, 6) is 0. The molecule has 1 unspecified atom stereocenters. The Hall–Kier alpha value is -1.00. The van der Waals surface area contributed by atoms with Gasteiger partial charge >= 0.3 is 0 Å². The van der Waals surface area contributed by atoms with Crippen LogP contribution in [-0.4, -0.2) is 17.8 Å². The minimum Gasteiger partial charge on any atom is -0.267 e. The number of thiocarbonyl (C=S) groups is 1. The molecule has 0 saturated carbocycles. The summed E-state index contributed by atoms with van der Waals surface area (Å²) in [6.07, 6.45) is 1.91. The maximum absolute atomic E-state index is 5.32. The van der Waals surface area contributed by atoms with E-state index in [9.17, 15) is 0 Å². The second-order valence-electron chi connectivity index (χ2n) is 3.28. The van der Waals surface area contributed by atoms with E-state index in [1.807, 2.05) is 30.3 Å². The zero-order chi connectivity index (χ0) is 11.4. The SMILES string of the molecule is S=C=NCC1C=C(c2ccc(Br)cc2)NO1. The van der Waals surface area contributed by atoms with Crippen molar-refractivity contribution in [2.24, 2.45) is 4.99 Å². The molecule has 1 aliphatic heterocycles. The molecule has 1 aliphatic rings. The Bertz CT molecular complexity index is 452. The molecule has 0 radical (unpaired) electrons. The van der Waals surface area contributed by atoms with E-state index in [2.05, 4.69) is 43.8 Å². The van der Waals surface area contributed by atoms with E-state index in [-0.39, 0.29) is 6.10 Å². The number of rotatable bonds is 3. The lowest BCUT2D eigenvalue weighted by Crippen LogP contribution is -2.14. The number of halogens is 1. The van der Waals surface area contributed by atoms with Crippen LogP contribution in [0.3, 0.4) is 0 Å². The molecule has 0 aromatic heterocycles. The van der Waals surface area contributed by atoms with E-state index in [4.69, 9.17) is 4.84 Å². The average Bonchev–Trinajstić information content (AvgIpc) is 2.76. The number of aliphatic imine (C=N–C) groups is 1. The highest BCUT2D eigenvalue weighted by Crippen LogP contribution is 2.20. The molecular formula is C11H9BrN2OS. The Labute approximate surface area is 107 Å². The zero-order valence-electron chi connectivity index (χ0n) is 8.31. The lowest BCUT2D eigenvalue weighted by molar-refractivity contribution is 0.0571. The number of benzene rings is 1. The predicted molar refractivity (Wildman–Crippen MR) is 70.0 cm³/mol. The molecule has 0 amide bonds. The van der Waals surface area contributed by atoms with E-state index < -0.39 is 0 Å². The third-order valence-corrected chi connectivity index (χ3v) is 2.82. The molecule has 82 valence electrons. The van der Waals surface area contributed by atoms with Crippen LogP contribution in [0, 0.1) is 0 Å². The first-order valence-corrected chi connectivity index (χ1v) is 5.93. The van der Waals surface area contributed by atoms with Crippen molar-refractivity contribution in [1.82, 2.24) is 5.48 Å².